The van der Waals surface area contributed by atoms with Gasteiger partial charge in [0, 0.05) is 6.04 Å². The van der Waals surface area contributed by atoms with Gasteiger partial charge < -0.3 is 11.1 Å². The number of nitrogens with one attached hydrogen (secondary N) is 1. The zero-order valence-electron chi connectivity index (χ0n) is 13.2. The van der Waals surface area contributed by atoms with Crippen molar-refractivity contribution in [3.05, 3.63) is 34.4 Å². The fraction of sp³-hybridized carbons (Fsp3) is 0.375. The van der Waals surface area contributed by atoms with E-state index in [4.69, 9.17) is 5.73 Å². The summed E-state index contributed by atoms with van der Waals surface area (Å²) in [7, 11) is 0. The summed E-state index contributed by atoms with van der Waals surface area (Å²) in [5, 5.41) is 17.0. The minimum atomic E-state index is 0.181. The van der Waals surface area contributed by atoms with Crippen LogP contribution < -0.4 is 11.1 Å². The molecule has 0 atom stereocenters. The van der Waals surface area contributed by atoms with Gasteiger partial charge in [-0.05, 0) is 45.7 Å². The predicted molar refractivity (Wildman–Crippen MR) is 85.7 cm³/mol. The number of aryl methyl sites for hydroxylation is 3. The van der Waals surface area contributed by atoms with Crippen LogP contribution in [0.1, 0.15) is 36.1 Å². The molecule has 110 valence electrons. The summed E-state index contributed by atoms with van der Waals surface area (Å²) in [6.45, 7) is 10.1. The highest BCUT2D eigenvalue weighted by molar-refractivity contribution is 5.67. The van der Waals surface area contributed by atoms with Gasteiger partial charge >= 0.3 is 0 Å². The largest absolute Gasteiger partial charge is 0.382 e. The Morgan fingerprint density at radius 2 is 1.81 bits per heavy atom. The standard InChI is InChI=1S/C16H21N5/c1-9(2)19-16-13(8-17)15(18)21(20-16)14-11(4)6-10(3)7-12(14)5/h6-7,9H,18H2,1-5H3,(H,19,20). The molecule has 0 radical (unpaired) electrons. The second-order valence-electron chi connectivity index (χ2n) is 5.68. The number of aromatic nitrogens is 2. The number of anilines is 2. The van der Waals surface area contributed by atoms with Gasteiger partial charge in [-0.1, -0.05) is 17.7 Å². The van der Waals surface area contributed by atoms with Gasteiger partial charge in [0.05, 0.1) is 5.69 Å². The monoisotopic (exact) mass is 283 g/mol. The van der Waals surface area contributed by atoms with E-state index in [-0.39, 0.29) is 6.04 Å². The third-order valence-corrected chi connectivity index (χ3v) is 3.31. The Balaban J connectivity index is 2.66. The molecule has 0 spiro atoms. The molecule has 5 nitrogen and oxygen atoms in total. The van der Waals surface area contributed by atoms with Gasteiger partial charge in [-0.3, -0.25) is 0 Å². The molecule has 0 aliphatic rings. The molecule has 1 aromatic heterocycles. The van der Waals surface area contributed by atoms with Crippen LogP contribution in [0.4, 0.5) is 11.6 Å². The van der Waals surface area contributed by atoms with E-state index < -0.39 is 0 Å². The lowest BCUT2D eigenvalue weighted by Gasteiger charge is -2.12. The molecular weight excluding hydrogens is 262 g/mol. The molecule has 2 rings (SSSR count). The van der Waals surface area contributed by atoms with Crippen molar-refractivity contribution in [2.24, 2.45) is 0 Å². The van der Waals surface area contributed by atoms with Gasteiger partial charge in [0.2, 0.25) is 0 Å². The molecule has 0 fully saturated rings. The highest BCUT2D eigenvalue weighted by atomic mass is 15.4. The van der Waals surface area contributed by atoms with E-state index in [0.29, 0.717) is 17.2 Å². The Hall–Kier alpha value is -2.48. The van der Waals surface area contributed by atoms with Gasteiger partial charge in [-0.25, -0.2) is 4.68 Å². The Labute approximate surface area is 125 Å². The summed E-state index contributed by atoms with van der Waals surface area (Å²) in [6, 6.07) is 6.50. The first-order chi connectivity index (χ1) is 9.85. The zero-order valence-corrected chi connectivity index (χ0v) is 13.2. The number of nitrogen functional groups attached to an aromatic ring is 1. The van der Waals surface area contributed by atoms with Crippen molar-refractivity contribution < 1.29 is 0 Å². The Morgan fingerprint density at radius 3 is 2.29 bits per heavy atom. The predicted octanol–water partition coefficient (Wildman–Crippen LogP) is 3.07. The average Bonchev–Trinajstić information content (AvgIpc) is 2.64. The van der Waals surface area contributed by atoms with E-state index in [1.165, 1.54) is 5.56 Å². The third kappa shape index (κ3) is 2.70. The van der Waals surface area contributed by atoms with Gasteiger partial charge in [-0.15, -0.1) is 5.10 Å². The third-order valence-electron chi connectivity index (χ3n) is 3.31. The summed E-state index contributed by atoms with van der Waals surface area (Å²) in [6.07, 6.45) is 0. The van der Waals surface area contributed by atoms with E-state index in [1.54, 1.807) is 4.68 Å². The molecule has 0 aliphatic carbocycles. The van der Waals surface area contributed by atoms with Crippen molar-refractivity contribution in [3.63, 3.8) is 0 Å². The molecule has 0 bridgehead atoms. The number of nitriles is 1. The maximum atomic E-state index is 9.33. The van der Waals surface area contributed by atoms with Crippen LogP contribution in [0.15, 0.2) is 12.1 Å². The van der Waals surface area contributed by atoms with Crippen LogP contribution >= 0.6 is 0 Å². The first-order valence-electron chi connectivity index (χ1n) is 6.98. The van der Waals surface area contributed by atoms with Gasteiger partial charge in [0.25, 0.3) is 0 Å². The number of rotatable bonds is 3. The van der Waals surface area contributed by atoms with Crippen LogP contribution in [0, 0.1) is 32.1 Å². The van der Waals surface area contributed by atoms with Gasteiger partial charge in [0.1, 0.15) is 17.5 Å². The highest BCUT2D eigenvalue weighted by Gasteiger charge is 2.19. The Kier molecular flexibility index (Phi) is 3.90. The van der Waals surface area contributed by atoms with Crippen LogP contribution in [0.2, 0.25) is 0 Å². The van der Waals surface area contributed by atoms with E-state index >= 15 is 0 Å². The summed E-state index contributed by atoms with van der Waals surface area (Å²) in [5.74, 6) is 0.903. The molecule has 2 aromatic rings. The zero-order chi connectivity index (χ0) is 15.7. The smallest absolute Gasteiger partial charge is 0.168 e. The summed E-state index contributed by atoms with van der Waals surface area (Å²) in [4.78, 5) is 0. The molecular formula is C16H21N5. The molecule has 0 saturated carbocycles. The quantitative estimate of drug-likeness (QED) is 0.907. The summed E-state index contributed by atoms with van der Waals surface area (Å²) in [5.41, 5.74) is 10.8. The van der Waals surface area contributed by atoms with E-state index in [1.807, 2.05) is 27.7 Å². The fourth-order valence-electron chi connectivity index (χ4n) is 2.59. The van der Waals surface area contributed by atoms with Gasteiger partial charge in [-0.2, -0.15) is 5.26 Å². The van der Waals surface area contributed by atoms with Crippen LogP contribution in [0.3, 0.4) is 0 Å². The molecule has 5 heteroatoms. The minimum Gasteiger partial charge on any atom is -0.382 e. The molecule has 0 unspecified atom stereocenters. The van der Waals surface area contributed by atoms with Crippen molar-refractivity contribution in [2.75, 3.05) is 11.1 Å². The van der Waals surface area contributed by atoms with Crippen LogP contribution in [0.5, 0.6) is 0 Å². The molecule has 1 heterocycles. The van der Waals surface area contributed by atoms with Crippen molar-refractivity contribution >= 4 is 11.6 Å². The number of nitrogens with zero attached hydrogens (tertiary/aromatic N) is 3. The van der Waals surface area contributed by atoms with Crippen molar-refractivity contribution in [2.45, 2.75) is 40.7 Å². The maximum absolute atomic E-state index is 9.33. The second-order valence-corrected chi connectivity index (χ2v) is 5.68. The normalized spacial score (nSPS) is 10.7. The van der Waals surface area contributed by atoms with E-state index in [0.717, 1.165) is 16.8 Å². The Morgan fingerprint density at radius 1 is 1.24 bits per heavy atom. The number of benzene rings is 1. The minimum absolute atomic E-state index is 0.181. The first-order valence-corrected chi connectivity index (χ1v) is 6.98. The van der Waals surface area contributed by atoms with Crippen molar-refractivity contribution in [1.82, 2.24) is 9.78 Å². The first kappa shape index (κ1) is 14.9. The fourth-order valence-corrected chi connectivity index (χ4v) is 2.59. The SMILES string of the molecule is Cc1cc(C)c(-n2nc(NC(C)C)c(C#N)c2N)c(C)c1. The number of hydrogen-bond donors (Lipinski definition) is 2. The molecule has 0 amide bonds. The molecule has 0 saturated heterocycles. The van der Waals surface area contributed by atoms with E-state index in [2.05, 4.69) is 35.5 Å². The highest BCUT2D eigenvalue weighted by Crippen LogP contribution is 2.28. The van der Waals surface area contributed by atoms with Gasteiger partial charge in [0.15, 0.2) is 5.82 Å². The molecule has 0 aliphatic heterocycles. The van der Waals surface area contributed by atoms with Crippen LogP contribution in [-0.2, 0) is 0 Å². The lowest BCUT2D eigenvalue weighted by Crippen LogP contribution is -2.11. The number of nitrogens with two attached hydrogens (primary N) is 1. The Bertz CT molecular complexity index is 696. The lowest BCUT2D eigenvalue weighted by molar-refractivity contribution is 0.843. The van der Waals surface area contributed by atoms with Crippen molar-refractivity contribution in [1.29, 1.82) is 5.26 Å². The summed E-state index contributed by atoms with van der Waals surface area (Å²) < 4.78 is 1.66. The van der Waals surface area contributed by atoms with Crippen LogP contribution in [-0.4, -0.2) is 15.8 Å². The lowest BCUT2D eigenvalue weighted by atomic mass is 10.1. The topological polar surface area (TPSA) is 79.7 Å². The molecule has 3 N–H and O–H groups in total. The number of hydrogen-bond acceptors (Lipinski definition) is 4. The molecule has 1 aromatic carbocycles. The average molecular weight is 283 g/mol. The van der Waals surface area contributed by atoms with E-state index in [9.17, 15) is 5.26 Å². The van der Waals surface area contributed by atoms with Crippen LogP contribution in [0.25, 0.3) is 5.69 Å². The maximum Gasteiger partial charge on any atom is 0.168 e. The molecule has 21 heavy (non-hydrogen) atoms. The van der Waals surface area contributed by atoms with Crippen molar-refractivity contribution in [3.8, 4) is 11.8 Å². The second kappa shape index (κ2) is 5.49. The summed E-state index contributed by atoms with van der Waals surface area (Å²) >= 11 is 0.